The van der Waals surface area contributed by atoms with E-state index >= 15 is 0 Å². The lowest BCUT2D eigenvalue weighted by Gasteiger charge is -2.42. The van der Waals surface area contributed by atoms with Crippen molar-refractivity contribution in [3.05, 3.63) is 78.0 Å². The lowest BCUT2D eigenvalue weighted by atomic mass is 9.79. The molecule has 1 amide bonds. The van der Waals surface area contributed by atoms with Crippen molar-refractivity contribution < 1.29 is 9.90 Å². The van der Waals surface area contributed by atoms with E-state index in [1.165, 1.54) is 0 Å². The molecule has 1 aliphatic rings. The first kappa shape index (κ1) is 21.0. The highest BCUT2D eigenvalue weighted by Gasteiger charge is 2.43. The van der Waals surface area contributed by atoms with E-state index in [1.54, 1.807) is 17.8 Å². The summed E-state index contributed by atoms with van der Waals surface area (Å²) in [6.45, 7) is 1.14. The molecule has 7 heteroatoms. The molecule has 1 fully saturated rings. The van der Waals surface area contributed by atoms with Gasteiger partial charge in [-0.2, -0.15) is 5.10 Å². The van der Waals surface area contributed by atoms with Crippen LogP contribution in [0, 0.1) is 0 Å². The van der Waals surface area contributed by atoms with Gasteiger partial charge in [0, 0.05) is 19.2 Å². The molecule has 152 valence electrons. The standard InChI is InChI=1S/C22H24N4O2.ClH/c1-26-19(14-18(25-26)16-8-4-2-5-9-16)21(28)24-22(12-13-23-15-20(22)27)17-10-6-3-7-11-17;/h2-11,14,20,23,27H,12-13,15H2,1H3,(H,24,28);1H/t20-,22-;/m1./s1. The number of hydrogen-bond acceptors (Lipinski definition) is 4. The Kier molecular flexibility index (Phi) is 6.37. The van der Waals surface area contributed by atoms with Gasteiger partial charge in [-0.1, -0.05) is 60.7 Å². The van der Waals surface area contributed by atoms with E-state index in [9.17, 15) is 9.90 Å². The molecule has 2 atom stereocenters. The molecule has 3 N–H and O–H groups in total. The van der Waals surface area contributed by atoms with Crippen molar-refractivity contribution in [3.63, 3.8) is 0 Å². The van der Waals surface area contributed by atoms with Gasteiger partial charge < -0.3 is 15.7 Å². The summed E-state index contributed by atoms with van der Waals surface area (Å²) in [6, 6.07) is 21.2. The number of nitrogens with one attached hydrogen (secondary N) is 2. The number of benzene rings is 2. The Morgan fingerprint density at radius 2 is 1.83 bits per heavy atom. The predicted octanol–water partition coefficient (Wildman–Crippen LogP) is 2.49. The first-order valence-electron chi connectivity index (χ1n) is 9.46. The Morgan fingerprint density at radius 3 is 2.48 bits per heavy atom. The number of piperidine rings is 1. The van der Waals surface area contributed by atoms with Crippen LogP contribution >= 0.6 is 12.4 Å². The fourth-order valence-corrected chi connectivity index (χ4v) is 3.85. The fraction of sp³-hybridized carbons (Fsp3) is 0.273. The van der Waals surface area contributed by atoms with E-state index < -0.39 is 11.6 Å². The van der Waals surface area contributed by atoms with Gasteiger partial charge in [-0.15, -0.1) is 12.4 Å². The molecule has 0 unspecified atom stereocenters. The first-order valence-corrected chi connectivity index (χ1v) is 9.46. The number of nitrogens with zero attached hydrogens (tertiary/aromatic N) is 2. The molecule has 1 aliphatic heterocycles. The summed E-state index contributed by atoms with van der Waals surface area (Å²) in [4.78, 5) is 13.2. The molecule has 0 saturated carbocycles. The minimum Gasteiger partial charge on any atom is -0.389 e. The minimum atomic E-state index is -0.833. The minimum absolute atomic E-state index is 0. The molecule has 0 bridgehead atoms. The summed E-state index contributed by atoms with van der Waals surface area (Å²) in [5.41, 5.74) is 2.23. The van der Waals surface area contributed by atoms with Crippen LogP contribution in [0.25, 0.3) is 11.3 Å². The monoisotopic (exact) mass is 412 g/mol. The molecule has 3 aromatic rings. The number of aliphatic hydroxyl groups excluding tert-OH is 1. The summed E-state index contributed by atoms with van der Waals surface area (Å²) >= 11 is 0. The van der Waals surface area contributed by atoms with Gasteiger partial charge in [-0.05, 0) is 24.6 Å². The van der Waals surface area contributed by atoms with Crippen molar-refractivity contribution in [1.82, 2.24) is 20.4 Å². The second-order valence-corrected chi connectivity index (χ2v) is 7.17. The van der Waals surface area contributed by atoms with Crippen molar-refractivity contribution in [2.24, 2.45) is 7.05 Å². The van der Waals surface area contributed by atoms with Crippen LogP contribution in [0.15, 0.2) is 66.7 Å². The van der Waals surface area contributed by atoms with Crippen LogP contribution in [-0.4, -0.2) is 40.0 Å². The van der Waals surface area contributed by atoms with Gasteiger partial charge in [0.15, 0.2) is 0 Å². The summed E-state index contributed by atoms with van der Waals surface area (Å²) < 4.78 is 1.59. The molecule has 4 rings (SSSR count). The van der Waals surface area contributed by atoms with Crippen LogP contribution in [-0.2, 0) is 12.6 Å². The first-order chi connectivity index (χ1) is 13.6. The molecular formula is C22H25ClN4O2. The maximum Gasteiger partial charge on any atom is 0.270 e. The Hall–Kier alpha value is -2.67. The Bertz CT molecular complexity index is 961. The normalized spacial score (nSPS) is 21.2. The van der Waals surface area contributed by atoms with Crippen molar-refractivity contribution in [1.29, 1.82) is 0 Å². The predicted molar refractivity (Wildman–Crippen MR) is 115 cm³/mol. The van der Waals surface area contributed by atoms with Crippen LogP contribution in [0.1, 0.15) is 22.5 Å². The third-order valence-electron chi connectivity index (χ3n) is 5.41. The molecule has 0 aliphatic carbocycles. The van der Waals surface area contributed by atoms with Gasteiger partial charge in [0.25, 0.3) is 5.91 Å². The van der Waals surface area contributed by atoms with Crippen LogP contribution in [0.2, 0.25) is 0 Å². The number of aliphatic hydroxyl groups is 1. The average Bonchev–Trinajstić information content (AvgIpc) is 3.13. The van der Waals surface area contributed by atoms with Gasteiger partial charge in [0.2, 0.25) is 0 Å². The number of carbonyl (C=O) groups excluding carboxylic acids is 1. The maximum absolute atomic E-state index is 13.2. The summed E-state index contributed by atoms with van der Waals surface area (Å²) in [7, 11) is 1.76. The third-order valence-corrected chi connectivity index (χ3v) is 5.41. The highest BCUT2D eigenvalue weighted by molar-refractivity contribution is 5.94. The van der Waals surface area contributed by atoms with Crippen molar-refractivity contribution >= 4 is 18.3 Å². The van der Waals surface area contributed by atoms with E-state index in [-0.39, 0.29) is 18.3 Å². The van der Waals surface area contributed by atoms with Crippen LogP contribution in [0.5, 0.6) is 0 Å². The molecule has 1 aromatic heterocycles. The molecule has 2 heterocycles. The zero-order valence-electron chi connectivity index (χ0n) is 16.2. The van der Waals surface area contributed by atoms with Crippen molar-refractivity contribution in [2.75, 3.05) is 13.1 Å². The van der Waals surface area contributed by atoms with E-state index in [4.69, 9.17) is 0 Å². The fourth-order valence-electron chi connectivity index (χ4n) is 3.85. The van der Waals surface area contributed by atoms with Crippen molar-refractivity contribution in [2.45, 2.75) is 18.1 Å². The quantitative estimate of drug-likeness (QED) is 0.615. The molecule has 29 heavy (non-hydrogen) atoms. The molecule has 0 spiro atoms. The van der Waals surface area contributed by atoms with Gasteiger partial charge in [-0.25, -0.2) is 0 Å². The van der Waals surface area contributed by atoms with Gasteiger partial charge in [0.1, 0.15) is 5.69 Å². The van der Waals surface area contributed by atoms with Gasteiger partial charge in [0.05, 0.1) is 17.3 Å². The second kappa shape index (κ2) is 8.78. The van der Waals surface area contributed by atoms with Gasteiger partial charge in [-0.3, -0.25) is 9.48 Å². The molecule has 2 aromatic carbocycles. The Labute approximate surface area is 176 Å². The molecular weight excluding hydrogens is 388 g/mol. The number of carbonyl (C=O) groups is 1. The van der Waals surface area contributed by atoms with E-state index in [0.29, 0.717) is 25.2 Å². The molecule has 0 radical (unpaired) electrons. The smallest absolute Gasteiger partial charge is 0.270 e. The zero-order valence-corrected chi connectivity index (χ0v) is 17.0. The molecule has 6 nitrogen and oxygen atoms in total. The maximum atomic E-state index is 13.2. The number of β-amino-alcohol motifs (C(OH)–C–C–N with tert-alkyl or cyclic N) is 1. The average molecular weight is 413 g/mol. The van der Waals surface area contributed by atoms with Crippen LogP contribution < -0.4 is 10.6 Å². The topological polar surface area (TPSA) is 79.2 Å². The third kappa shape index (κ3) is 4.05. The number of aryl methyl sites for hydroxylation is 1. The number of hydrogen-bond donors (Lipinski definition) is 3. The van der Waals surface area contributed by atoms with Gasteiger partial charge >= 0.3 is 0 Å². The Balaban J connectivity index is 0.00000240. The SMILES string of the molecule is Cl.Cn1nc(-c2ccccc2)cc1C(=O)N[C@@]1(c2ccccc2)CCNC[C@H]1O. The molecule has 1 saturated heterocycles. The van der Waals surface area contributed by atoms with E-state index in [0.717, 1.165) is 16.8 Å². The summed E-state index contributed by atoms with van der Waals surface area (Å²) in [6.07, 6.45) is -0.123. The van der Waals surface area contributed by atoms with E-state index in [1.807, 2.05) is 60.7 Å². The highest BCUT2D eigenvalue weighted by atomic mass is 35.5. The highest BCUT2D eigenvalue weighted by Crippen LogP contribution is 2.31. The van der Waals surface area contributed by atoms with E-state index in [2.05, 4.69) is 15.7 Å². The van der Waals surface area contributed by atoms with Crippen LogP contribution in [0.4, 0.5) is 0 Å². The lowest BCUT2D eigenvalue weighted by molar-refractivity contribution is 0.0286. The lowest BCUT2D eigenvalue weighted by Crippen LogP contribution is -2.61. The summed E-state index contributed by atoms with van der Waals surface area (Å²) in [5.74, 6) is -0.248. The largest absolute Gasteiger partial charge is 0.389 e. The number of amides is 1. The van der Waals surface area contributed by atoms with Crippen molar-refractivity contribution in [3.8, 4) is 11.3 Å². The number of halogens is 1. The number of rotatable bonds is 4. The number of aromatic nitrogens is 2. The van der Waals surface area contributed by atoms with Crippen LogP contribution in [0.3, 0.4) is 0 Å². The second-order valence-electron chi connectivity index (χ2n) is 7.17. The summed E-state index contributed by atoms with van der Waals surface area (Å²) in [5, 5.41) is 21.6. The zero-order chi connectivity index (χ0) is 19.6. The Morgan fingerprint density at radius 1 is 1.17 bits per heavy atom.